The molecule has 4 heteroatoms. The van der Waals surface area contributed by atoms with Crippen LogP contribution in [0.1, 0.15) is 32.1 Å². The molecule has 82 valence electrons. The van der Waals surface area contributed by atoms with Gasteiger partial charge in [-0.2, -0.15) is 0 Å². The van der Waals surface area contributed by atoms with E-state index in [0.29, 0.717) is 5.75 Å². The van der Waals surface area contributed by atoms with E-state index in [2.05, 4.69) is 4.90 Å². The van der Waals surface area contributed by atoms with Crippen molar-refractivity contribution in [2.45, 2.75) is 38.1 Å². The second-order valence-electron chi connectivity index (χ2n) is 4.55. The molecular weight excluding hydrogens is 198 g/mol. The van der Waals surface area contributed by atoms with Gasteiger partial charge in [0.1, 0.15) is 0 Å². The first-order chi connectivity index (χ1) is 6.75. The van der Waals surface area contributed by atoms with Gasteiger partial charge in [-0.1, -0.05) is 0 Å². The summed E-state index contributed by atoms with van der Waals surface area (Å²) in [5, 5.41) is 0. The molecule has 3 nitrogen and oxygen atoms in total. The van der Waals surface area contributed by atoms with E-state index < -0.39 is 11.1 Å². The van der Waals surface area contributed by atoms with Crippen molar-refractivity contribution in [3.63, 3.8) is 0 Å². The predicted octanol–water partition coefficient (Wildman–Crippen LogP) is 1.47. The van der Waals surface area contributed by atoms with Gasteiger partial charge in [-0.3, -0.25) is 0 Å². The van der Waals surface area contributed by atoms with Crippen LogP contribution in [0.2, 0.25) is 0 Å². The molecule has 0 aromatic carbocycles. The van der Waals surface area contributed by atoms with Crippen LogP contribution in [0.4, 0.5) is 0 Å². The Bertz CT molecular complexity index is 214. The van der Waals surface area contributed by atoms with Crippen LogP contribution in [-0.4, -0.2) is 38.5 Å². The topological polar surface area (TPSA) is 40.5 Å². The number of rotatable bonds is 4. The number of fused-ring (bicyclic) bond motifs is 3. The van der Waals surface area contributed by atoms with Gasteiger partial charge < -0.3 is 9.45 Å². The zero-order chi connectivity index (χ0) is 9.97. The van der Waals surface area contributed by atoms with E-state index in [-0.39, 0.29) is 0 Å². The van der Waals surface area contributed by atoms with Crippen molar-refractivity contribution in [2.24, 2.45) is 5.92 Å². The molecular formula is C10H19NO2S. The molecule has 1 aliphatic carbocycles. The molecule has 0 spiro atoms. The zero-order valence-corrected chi connectivity index (χ0v) is 9.34. The Hall–Kier alpha value is 0.0700. The highest BCUT2D eigenvalue weighted by molar-refractivity contribution is 7.79. The lowest BCUT2D eigenvalue weighted by molar-refractivity contribution is 0.0494. The number of piperidine rings is 2. The van der Waals surface area contributed by atoms with E-state index >= 15 is 0 Å². The van der Waals surface area contributed by atoms with Gasteiger partial charge in [-0.05, 0) is 44.6 Å². The van der Waals surface area contributed by atoms with E-state index in [1.165, 1.54) is 32.2 Å². The maximum atomic E-state index is 10.5. The van der Waals surface area contributed by atoms with Crippen LogP contribution in [0.5, 0.6) is 0 Å². The van der Waals surface area contributed by atoms with E-state index in [1.54, 1.807) is 0 Å². The number of hydrogen-bond acceptors (Lipinski definition) is 2. The maximum Gasteiger partial charge on any atom is 0.152 e. The Morgan fingerprint density at radius 3 is 2.50 bits per heavy atom. The quantitative estimate of drug-likeness (QED) is 0.725. The molecule has 2 bridgehead atoms. The van der Waals surface area contributed by atoms with Crippen LogP contribution in [0.15, 0.2) is 0 Å². The first-order valence-corrected chi connectivity index (χ1v) is 6.85. The Morgan fingerprint density at radius 1 is 1.29 bits per heavy atom. The van der Waals surface area contributed by atoms with Gasteiger partial charge in [0.25, 0.3) is 0 Å². The summed E-state index contributed by atoms with van der Waals surface area (Å²) in [6, 6.07) is 0.784. The largest absolute Gasteiger partial charge is 0.306 e. The first-order valence-electron chi connectivity index (χ1n) is 5.57. The van der Waals surface area contributed by atoms with Crippen LogP contribution in [-0.2, 0) is 11.1 Å². The van der Waals surface area contributed by atoms with Gasteiger partial charge in [0.2, 0.25) is 0 Å². The fraction of sp³-hybridized carbons (Fsp3) is 1.00. The number of hydrogen-bond donors (Lipinski definition) is 1. The Kier molecular flexibility index (Phi) is 3.57. The predicted molar refractivity (Wildman–Crippen MR) is 57.6 cm³/mol. The van der Waals surface area contributed by atoms with Crippen molar-refractivity contribution in [3.05, 3.63) is 0 Å². The fourth-order valence-electron chi connectivity index (χ4n) is 2.84. The summed E-state index contributed by atoms with van der Waals surface area (Å²) in [6.45, 7) is 2.26. The van der Waals surface area contributed by atoms with Crippen LogP contribution in [0, 0.1) is 5.92 Å². The monoisotopic (exact) mass is 217 g/mol. The number of nitrogens with zero attached hydrogens (tertiary/aromatic N) is 1. The highest BCUT2D eigenvalue weighted by Gasteiger charge is 2.32. The smallest absolute Gasteiger partial charge is 0.152 e. The van der Waals surface area contributed by atoms with Crippen LogP contribution in [0.3, 0.4) is 0 Å². The third-order valence-corrected chi connectivity index (χ3v) is 4.23. The van der Waals surface area contributed by atoms with Crippen LogP contribution in [0.25, 0.3) is 0 Å². The summed E-state index contributed by atoms with van der Waals surface area (Å²) in [6.07, 6.45) is 6.40. The highest BCUT2D eigenvalue weighted by Crippen LogP contribution is 2.34. The lowest BCUT2D eigenvalue weighted by Gasteiger charge is -2.45. The van der Waals surface area contributed by atoms with Gasteiger partial charge in [0, 0.05) is 12.6 Å². The Labute approximate surface area is 88.1 Å². The summed E-state index contributed by atoms with van der Waals surface area (Å²) in [4.78, 5) is 2.53. The third kappa shape index (κ3) is 2.55. The standard InChI is InChI=1S/C10H19NO2S/c12-14(13)7-1-6-11-8-9-2-4-10(11)5-3-9/h9-10H,1-8H2,(H,12,13). The van der Waals surface area contributed by atoms with Gasteiger partial charge in [-0.15, -0.1) is 0 Å². The molecule has 0 radical (unpaired) electrons. The van der Waals surface area contributed by atoms with Gasteiger partial charge in [0.15, 0.2) is 11.1 Å². The zero-order valence-electron chi connectivity index (χ0n) is 8.52. The van der Waals surface area contributed by atoms with Crippen molar-refractivity contribution < 1.29 is 8.76 Å². The second-order valence-corrected chi connectivity index (χ2v) is 5.60. The SMILES string of the molecule is O=S(O)CCCN1CC2CCC1CC2. The summed E-state index contributed by atoms with van der Waals surface area (Å²) in [5.74, 6) is 1.35. The molecule has 1 atom stereocenters. The second kappa shape index (κ2) is 4.73. The summed E-state index contributed by atoms with van der Waals surface area (Å²) >= 11 is -1.60. The molecule has 3 aliphatic rings. The van der Waals surface area contributed by atoms with Crippen molar-refractivity contribution in [1.82, 2.24) is 4.90 Å². The highest BCUT2D eigenvalue weighted by atomic mass is 32.2. The lowest BCUT2D eigenvalue weighted by atomic mass is 9.80. The Balaban J connectivity index is 1.73. The fourth-order valence-corrected chi connectivity index (χ4v) is 3.21. The molecule has 1 saturated carbocycles. The Morgan fingerprint density at radius 2 is 2.00 bits per heavy atom. The summed E-state index contributed by atoms with van der Waals surface area (Å²) in [5.41, 5.74) is 0. The van der Waals surface area contributed by atoms with Crippen molar-refractivity contribution >= 4 is 11.1 Å². The first kappa shape index (κ1) is 10.6. The minimum atomic E-state index is -1.60. The minimum absolute atomic E-state index is 0.438. The maximum absolute atomic E-state index is 10.5. The van der Waals surface area contributed by atoms with Gasteiger partial charge in [0.05, 0.1) is 5.75 Å². The van der Waals surface area contributed by atoms with Crippen molar-refractivity contribution in [2.75, 3.05) is 18.8 Å². The summed E-state index contributed by atoms with van der Waals surface area (Å²) in [7, 11) is 0. The minimum Gasteiger partial charge on any atom is -0.306 e. The molecule has 14 heavy (non-hydrogen) atoms. The molecule has 0 amide bonds. The molecule has 3 rings (SSSR count). The van der Waals surface area contributed by atoms with E-state index in [4.69, 9.17) is 4.55 Å². The van der Waals surface area contributed by atoms with Gasteiger partial charge >= 0.3 is 0 Å². The molecule has 2 heterocycles. The van der Waals surface area contributed by atoms with Crippen molar-refractivity contribution in [3.8, 4) is 0 Å². The molecule has 2 aliphatic heterocycles. The summed E-state index contributed by atoms with van der Waals surface area (Å²) < 4.78 is 19.2. The lowest BCUT2D eigenvalue weighted by Crippen LogP contribution is -2.48. The molecule has 1 unspecified atom stereocenters. The van der Waals surface area contributed by atoms with E-state index in [9.17, 15) is 4.21 Å². The molecule has 2 saturated heterocycles. The average molecular weight is 217 g/mol. The van der Waals surface area contributed by atoms with Crippen LogP contribution >= 0.6 is 0 Å². The average Bonchev–Trinajstić information content (AvgIpc) is 2.19. The van der Waals surface area contributed by atoms with Crippen LogP contribution < -0.4 is 0 Å². The molecule has 0 aromatic rings. The molecule has 3 fully saturated rings. The van der Waals surface area contributed by atoms with E-state index in [1.807, 2.05) is 0 Å². The third-order valence-electron chi connectivity index (χ3n) is 3.59. The molecule has 1 N–H and O–H groups in total. The normalized spacial score (nSPS) is 34.6. The van der Waals surface area contributed by atoms with E-state index in [0.717, 1.165) is 24.9 Å². The van der Waals surface area contributed by atoms with Crippen molar-refractivity contribution in [1.29, 1.82) is 0 Å². The van der Waals surface area contributed by atoms with Gasteiger partial charge in [-0.25, -0.2) is 4.21 Å². The molecule has 0 aromatic heterocycles.